The second kappa shape index (κ2) is 3.71. The van der Waals surface area contributed by atoms with Crippen LogP contribution >= 0.6 is 0 Å². The fraction of sp³-hybridized carbons (Fsp3) is 0.500. The first-order chi connectivity index (χ1) is 5.64. The van der Waals surface area contributed by atoms with E-state index in [2.05, 4.69) is 0 Å². The summed E-state index contributed by atoms with van der Waals surface area (Å²) in [4.78, 5) is 0. The van der Waals surface area contributed by atoms with Crippen LogP contribution in [0.2, 0.25) is 0 Å². The Bertz CT molecular complexity index is 198. The van der Waals surface area contributed by atoms with Crippen LogP contribution in [-0.4, -0.2) is 17.3 Å². The highest BCUT2D eigenvalue weighted by Gasteiger charge is 2.23. The molecule has 1 heterocycles. The second-order valence-electron chi connectivity index (χ2n) is 2.53. The van der Waals surface area contributed by atoms with Crippen molar-refractivity contribution in [3.05, 3.63) is 24.5 Å². The average Bonchev–Trinajstić information content (AvgIpc) is 2.06. The Labute approximate surface area is 71.3 Å². The van der Waals surface area contributed by atoms with Crippen LogP contribution in [0.3, 0.4) is 0 Å². The number of rotatable bonds is 3. The van der Waals surface area contributed by atoms with Crippen molar-refractivity contribution in [2.24, 2.45) is 5.73 Å². The lowest BCUT2D eigenvalue weighted by molar-refractivity contribution is -0.263. The minimum Gasteiger partial charge on any atom is -0.469 e. The van der Waals surface area contributed by atoms with E-state index < -0.39 is 12.2 Å². The summed E-state index contributed by atoms with van der Waals surface area (Å²) in [5, 5.41) is 9.29. The standard InChI is InChI=1S/C8H13NO3/c1-2-8(9,10)12-7-5-3-4-6-11-7/h3-7,10H,2,9H2,1H3. The number of nitrogens with two attached hydrogens (primary N) is 1. The summed E-state index contributed by atoms with van der Waals surface area (Å²) in [6, 6.07) is 0. The topological polar surface area (TPSA) is 64.7 Å². The van der Waals surface area contributed by atoms with Gasteiger partial charge >= 0.3 is 0 Å². The lowest BCUT2D eigenvalue weighted by atomic mass is 10.3. The van der Waals surface area contributed by atoms with Crippen molar-refractivity contribution >= 4 is 0 Å². The molecule has 2 atom stereocenters. The van der Waals surface area contributed by atoms with Gasteiger partial charge in [0.25, 0.3) is 0 Å². The van der Waals surface area contributed by atoms with Crippen molar-refractivity contribution in [3.8, 4) is 0 Å². The number of hydrogen-bond acceptors (Lipinski definition) is 4. The SMILES string of the molecule is CCC(N)(O)OC1C=CC=CO1. The van der Waals surface area contributed by atoms with Crippen LogP contribution in [0.4, 0.5) is 0 Å². The molecule has 0 fully saturated rings. The van der Waals surface area contributed by atoms with Gasteiger partial charge in [0.15, 0.2) is 0 Å². The lowest BCUT2D eigenvalue weighted by Crippen LogP contribution is -2.44. The maximum atomic E-state index is 9.29. The highest BCUT2D eigenvalue weighted by molar-refractivity contribution is 5.05. The quantitative estimate of drug-likeness (QED) is 0.605. The molecule has 4 nitrogen and oxygen atoms in total. The lowest BCUT2D eigenvalue weighted by Gasteiger charge is -2.26. The van der Waals surface area contributed by atoms with Gasteiger partial charge in [-0.25, -0.2) is 0 Å². The maximum absolute atomic E-state index is 9.29. The van der Waals surface area contributed by atoms with Crippen LogP contribution in [0.15, 0.2) is 24.5 Å². The molecule has 0 saturated carbocycles. The Morgan fingerprint density at radius 1 is 1.67 bits per heavy atom. The predicted octanol–water partition coefficient (Wildman–Crippen LogP) is 0.444. The minimum atomic E-state index is -1.61. The predicted molar refractivity (Wildman–Crippen MR) is 43.7 cm³/mol. The number of hydrogen-bond donors (Lipinski definition) is 2. The molecule has 0 spiro atoms. The van der Waals surface area contributed by atoms with Gasteiger partial charge < -0.3 is 9.84 Å². The van der Waals surface area contributed by atoms with Gasteiger partial charge in [0, 0.05) is 6.42 Å². The molecule has 1 aliphatic rings. The molecule has 0 aromatic rings. The van der Waals surface area contributed by atoms with Crippen LogP contribution in [0.1, 0.15) is 13.3 Å². The van der Waals surface area contributed by atoms with E-state index in [1.807, 2.05) is 0 Å². The molecule has 0 bridgehead atoms. The molecule has 4 heteroatoms. The van der Waals surface area contributed by atoms with Crippen LogP contribution in [0.25, 0.3) is 0 Å². The largest absolute Gasteiger partial charge is 0.469 e. The Hall–Kier alpha value is -0.840. The van der Waals surface area contributed by atoms with Gasteiger partial charge in [-0.05, 0) is 12.2 Å². The number of allylic oxidation sites excluding steroid dienone is 2. The van der Waals surface area contributed by atoms with E-state index in [9.17, 15) is 5.11 Å². The number of aliphatic hydroxyl groups is 1. The molecule has 2 unspecified atom stereocenters. The van der Waals surface area contributed by atoms with E-state index in [4.69, 9.17) is 15.2 Å². The van der Waals surface area contributed by atoms with E-state index in [0.717, 1.165) is 0 Å². The first-order valence-corrected chi connectivity index (χ1v) is 3.82. The normalized spacial score (nSPS) is 26.4. The summed E-state index contributed by atoms with van der Waals surface area (Å²) in [5.41, 5.74) is 5.34. The Morgan fingerprint density at radius 3 is 2.92 bits per heavy atom. The summed E-state index contributed by atoms with van der Waals surface area (Å²) < 4.78 is 9.99. The molecular formula is C8H13NO3. The highest BCUT2D eigenvalue weighted by atomic mass is 16.7. The molecule has 12 heavy (non-hydrogen) atoms. The van der Waals surface area contributed by atoms with E-state index in [1.165, 1.54) is 6.26 Å². The van der Waals surface area contributed by atoms with Crippen LogP contribution < -0.4 is 5.73 Å². The van der Waals surface area contributed by atoms with Crippen molar-refractivity contribution < 1.29 is 14.6 Å². The van der Waals surface area contributed by atoms with Crippen molar-refractivity contribution in [1.29, 1.82) is 0 Å². The molecule has 3 N–H and O–H groups in total. The summed E-state index contributed by atoms with van der Waals surface area (Å²) in [7, 11) is 0. The van der Waals surface area contributed by atoms with Crippen molar-refractivity contribution in [3.63, 3.8) is 0 Å². The van der Waals surface area contributed by atoms with E-state index in [1.54, 1.807) is 25.2 Å². The van der Waals surface area contributed by atoms with E-state index in [0.29, 0.717) is 6.42 Å². The summed E-state index contributed by atoms with van der Waals surface area (Å²) in [5.74, 6) is -1.61. The van der Waals surface area contributed by atoms with E-state index in [-0.39, 0.29) is 0 Å². The van der Waals surface area contributed by atoms with Crippen molar-refractivity contribution in [1.82, 2.24) is 0 Å². The average molecular weight is 171 g/mol. The van der Waals surface area contributed by atoms with Gasteiger partial charge in [-0.2, -0.15) is 0 Å². The van der Waals surface area contributed by atoms with Crippen LogP contribution in [0, 0.1) is 0 Å². The highest BCUT2D eigenvalue weighted by Crippen LogP contribution is 2.12. The zero-order chi connectivity index (χ0) is 9.03. The smallest absolute Gasteiger partial charge is 0.225 e. The van der Waals surface area contributed by atoms with Gasteiger partial charge in [-0.3, -0.25) is 10.5 Å². The number of ether oxygens (including phenoxy) is 2. The second-order valence-corrected chi connectivity index (χ2v) is 2.53. The Morgan fingerprint density at radius 2 is 2.42 bits per heavy atom. The zero-order valence-electron chi connectivity index (χ0n) is 6.93. The van der Waals surface area contributed by atoms with Gasteiger partial charge in [-0.1, -0.05) is 13.0 Å². The van der Waals surface area contributed by atoms with Gasteiger partial charge in [0.1, 0.15) is 0 Å². The Balaban J connectivity index is 2.41. The van der Waals surface area contributed by atoms with Gasteiger partial charge in [-0.15, -0.1) is 0 Å². The van der Waals surface area contributed by atoms with Crippen LogP contribution in [0.5, 0.6) is 0 Å². The third-order valence-electron chi connectivity index (χ3n) is 1.50. The first-order valence-electron chi connectivity index (χ1n) is 3.82. The molecular weight excluding hydrogens is 158 g/mol. The third kappa shape index (κ3) is 2.65. The minimum absolute atomic E-state index is 0.310. The molecule has 1 aliphatic heterocycles. The van der Waals surface area contributed by atoms with Gasteiger partial charge in [0.2, 0.25) is 12.2 Å². The molecule has 1 rings (SSSR count). The fourth-order valence-corrected chi connectivity index (χ4v) is 0.720. The molecule has 0 saturated heterocycles. The summed E-state index contributed by atoms with van der Waals surface area (Å²) >= 11 is 0. The molecule has 68 valence electrons. The summed E-state index contributed by atoms with van der Waals surface area (Å²) in [6.45, 7) is 1.72. The first kappa shape index (κ1) is 9.25. The Kier molecular flexibility index (Phi) is 2.86. The monoisotopic (exact) mass is 171 g/mol. The third-order valence-corrected chi connectivity index (χ3v) is 1.50. The molecule has 0 aromatic heterocycles. The van der Waals surface area contributed by atoms with Crippen LogP contribution in [-0.2, 0) is 9.47 Å². The summed E-state index contributed by atoms with van der Waals surface area (Å²) in [6.07, 6.45) is 6.35. The zero-order valence-corrected chi connectivity index (χ0v) is 6.93. The van der Waals surface area contributed by atoms with Gasteiger partial charge in [0.05, 0.1) is 6.26 Å². The fourth-order valence-electron chi connectivity index (χ4n) is 0.720. The maximum Gasteiger partial charge on any atom is 0.225 e. The van der Waals surface area contributed by atoms with Crippen molar-refractivity contribution in [2.75, 3.05) is 0 Å². The molecule has 0 amide bonds. The molecule has 0 aromatic carbocycles. The molecule has 0 aliphatic carbocycles. The molecule has 0 radical (unpaired) electrons. The van der Waals surface area contributed by atoms with E-state index >= 15 is 0 Å². The van der Waals surface area contributed by atoms with Crippen molar-refractivity contribution in [2.45, 2.75) is 25.5 Å².